The first-order valence-electron chi connectivity index (χ1n) is 5.74. The molecule has 0 radical (unpaired) electrons. The molecule has 0 heterocycles. The standard InChI is InChI=1S/C12H16N2O5S/c1-12(17,7-15)6-13-11(16)9-5-8(20-2)3-4-10(9)14(18)19/h3-5,15,17H,6-7H2,1-2H3,(H,13,16). The minimum Gasteiger partial charge on any atom is -0.393 e. The lowest BCUT2D eigenvalue weighted by Crippen LogP contribution is -2.43. The number of hydrogen-bond donors (Lipinski definition) is 3. The van der Waals surface area contributed by atoms with E-state index in [4.69, 9.17) is 5.11 Å². The lowest BCUT2D eigenvalue weighted by atomic mass is 10.1. The molecule has 1 atom stereocenters. The Hall–Kier alpha value is -1.64. The summed E-state index contributed by atoms with van der Waals surface area (Å²) in [6.45, 7) is 0.614. The largest absolute Gasteiger partial charge is 0.393 e. The summed E-state index contributed by atoms with van der Waals surface area (Å²) in [6.07, 6.45) is 1.79. The Balaban J connectivity index is 2.98. The molecule has 0 bridgehead atoms. The van der Waals surface area contributed by atoms with Gasteiger partial charge in [0.2, 0.25) is 0 Å². The highest BCUT2D eigenvalue weighted by Gasteiger charge is 2.24. The van der Waals surface area contributed by atoms with Crippen molar-refractivity contribution in [3.05, 3.63) is 33.9 Å². The van der Waals surface area contributed by atoms with Gasteiger partial charge in [0.05, 0.1) is 11.5 Å². The smallest absolute Gasteiger partial charge is 0.282 e. The second kappa shape index (κ2) is 6.69. The van der Waals surface area contributed by atoms with Crippen molar-refractivity contribution in [2.75, 3.05) is 19.4 Å². The van der Waals surface area contributed by atoms with Crippen molar-refractivity contribution < 1.29 is 19.9 Å². The highest BCUT2D eigenvalue weighted by molar-refractivity contribution is 7.98. The van der Waals surface area contributed by atoms with E-state index >= 15 is 0 Å². The van der Waals surface area contributed by atoms with Gasteiger partial charge in [-0.2, -0.15) is 0 Å². The zero-order chi connectivity index (χ0) is 15.3. The van der Waals surface area contributed by atoms with Gasteiger partial charge in [-0.3, -0.25) is 14.9 Å². The van der Waals surface area contributed by atoms with Crippen molar-refractivity contribution in [1.29, 1.82) is 0 Å². The molecule has 1 aromatic carbocycles. The van der Waals surface area contributed by atoms with Crippen LogP contribution < -0.4 is 5.32 Å². The average molecular weight is 300 g/mol. The van der Waals surface area contributed by atoms with Crippen LogP contribution in [0.2, 0.25) is 0 Å². The number of rotatable bonds is 6. The highest BCUT2D eigenvalue weighted by Crippen LogP contribution is 2.24. The van der Waals surface area contributed by atoms with Crippen molar-refractivity contribution in [1.82, 2.24) is 5.32 Å². The van der Waals surface area contributed by atoms with Crippen LogP contribution in [0.1, 0.15) is 17.3 Å². The maximum Gasteiger partial charge on any atom is 0.282 e. The maximum atomic E-state index is 12.0. The van der Waals surface area contributed by atoms with Crippen LogP contribution in [-0.4, -0.2) is 46.1 Å². The van der Waals surface area contributed by atoms with Gasteiger partial charge in [0.1, 0.15) is 11.2 Å². The summed E-state index contributed by atoms with van der Waals surface area (Å²) in [5.41, 5.74) is -1.85. The monoisotopic (exact) mass is 300 g/mol. The van der Waals surface area contributed by atoms with Gasteiger partial charge in [0.15, 0.2) is 0 Å². The van der Waals surface area contributed by atoms with E-state index < -0.39 is 23.0 Å². The molecule has 1 rings (SSSR count). The number of nitrogens with zero attached hydrogens (tertiary/aromatic N) is 1. The second-order valence-electron chi connectivity index (χ2n) is 4.48. The molecule has 0 aliphatic heterocycles. The Kier molecular flexibility index (Phi) is 5.49. The lowest BCUT2D eigenvalue weighted by molar-refractivity contribution is -0.385. The molecule has 1 unspecified atom stereocenters. The van der Waals surface area contributed by atoms with Crippen molar-refractivity contribution in [3.63, 3.8) is 0 Å². The molecular weight excluding hydrogens is 284 g/mol. The van der Waals surface area contributed by atoms with Gasteiger partial charge in [-0.15, -0.1) is 11.8 Å². The van der Waals surface area contributed by atoms with Gasteiger partial charge in [-0.05, 0) is 25.3 Å². The fourth-order valence-electron chi connectivity index (χ4n) is 1.41. The summed E-state index contributed by atoms with van der Waals surface area (Å²) in [4.78, 5) is 23.0. The molecule has 0 aliphatic rings. The van der Waals surface area contributed by atoms with Crippen molar-refractivity contribution in [2.24, 2.45) is 0 Å². The van der Waals surface area contributed by atoms with Gasteiger partial charge in [-0.25, -0.2) is 0 Å². The third kappa shape index (κ3) is 4.19. The van der Waals surface area contributed by atoms with Gasteiger partial charge in [0, 0.05) is 17.5 Å². The van der Waals surface area contributed by atoms with Crippen LogP contribution in [0.5, 0.6) is 0 Å². The fourth-order valence-corrected chi connectivity index (χ4v) is 1.84. The first kappa shape index (κ1) is 16.4. The Bertz CT molecular complexity index is 519. The summed E-state index contributed by atoms with van der Waals surface area (Å²) in [7, 11) is 0. The Morgan fingerprint density at radius 2 is 2.20 bits per heavy atom. The summed E-state index contributed by atoms with van der Waals surface area (Å²) in [6, 6.07) is 4.25. The number of aliphatic hydroxyl groups excluding tert-OH is 1. The molecule has 1 aromatic rings. The Labute approximate surface area is 120 Å². The zero-order valence-electron chi connectivity index (χ0n) is 11.1. The maximum absolute atomic E-state index is 12.0. The number of carbonyl (C=O) groups is 1. The SMILES string of the molecule is CSc1ccc([N+](=O)[O-])c(C(=O)NCC(C)(O)CO)c1. The number of thioether (sulfide) groups is 1. The number of nitrogens with one attached hydrogen (secondary N) is 1. The predicted octanol–water partition coefficient (Wildman–Crippen LogP) is 0.790. The summed E-state index contributed by atoms with van der Waals surface area (Å²) >= 11 is 1.36. The first-order chi connectivity index (χ1) is 9.30. The van der Waals surface area contributed by atoms with Crippen LogP contribution in [0.4, 0.5) is 5.69 Å². The molecule has 8 heteroatoms. The van der Waals surface area contributed by atoms with E-state index in [9.17, 15) is 20.0 Å². The van der Waals surface area contributed by atoms with Gasteiger partial charge in [0.25, 0.3) is 11.6 Å². The minimum atomic E-state index is -1.47. The van der Waals surface area contributed by atoms with Crippen LogP contribution in [0.25, 0.3) is 0 Å². The van der Waals surface area contributed by atoms with Gasteiger partial charge >= 0.3 is 0 Å². The predicted molar refractivity (Wildman–Crippen MR) is 74.9 cm³/mol. The van der Waals surface area contributed by atoms with Crippen LogP contribution in [0.3, 0.4) is 0 Å². The molecule has 0 saturated carbocycles. The number of nitro benzene ring substituents is 1. The molecule has 7 nitrogen and oxygen atoms in total. The van der Waals surface area contributed by atoms with Crippen molar-refractivity contribution in [3.8, 4) is 0 Å². The number of amides is 1. The minimum absolute atomic E-state index is 0.0735. The summed E-state index contributed by atoms with van der Waals surface area (Å²) in [5, 5.41) is 31.8. The van der Waals surface area contributed by atoms with Crippen molar-refractivity contribution in [2.45, 2.75) is 17.4 Å². The van der Waals surface area contributed by atoms with E-state index in [-0.39, 0.29) is 17.8 Å². The number of carbonyl (C=O) groups excluding carboxylic acids is 1. The fraction of sp³-hybridized carbons (Fsp3) is 0.417. The van der Waals surface area contributed by atoms with Crippen LogP contribution >= 0.6 is 11.8 Å². The third-order valence-electron chi connectivity index (χ3n) is 2.62. The number of nitro groups is 1. The van der Waals surface area contributed by atoms with Gasteiger partial charge in [-0.1, -0.05) is 0 Å². The van der Waals surface area contributed by atoms with E-state index in [0.717, 1.165) is 4.90 Å². The molecule has 110 valence electrons. The lowest BCUT2D eigenvalue weighted by Gasteiger charge is -2.20. The molecule has 0 saturated heterocycles. The van der Waals surface area contributed by atoms with Crippen molar-refractivity contribution >= 4 is 23.4 Å². The molecule has 3 N–H and O–H groups in total. The number of aliphatic hydroxyl groups is 2. The normalized spacial score (nSPS) is 13.6. The molecule has 0 spiro atoms. The second-order valence-corrected chi connectivity index (χ2v) is 5.36. The molecule has 0 aromatic heterocycles. The molecular formula is C12H16N2O5S. The van der Waals surface area contributed by atoms with E-state index in [1.807, 2.05) is 0 Å². The summed E-state index contributed by atoms with van der Waals surface area (Å²) in [5.74, 6) is -0.665. The Morgan fingerprint density at radius 3 is 2.70 bits per heavy atom. The quantitative estimate of drug-likeness (QED) is 0.407. The number of hydrogen-bond acceptors (Lipinski definition) is 6. The topological polar surface area (TPSA) is 113 Å². The van der Waals surface area contributed by atoms with Crippen LogP contribution in [-0.2, 0) is 0 Å². The van der Waals surface area contributed by atoms with E-state index in [0.29, 0.717) is 0 Å². The number of benzene rings is 1. The summed E-state index contributed by atoms with van der Waals surface area (Å²) < 4.78 is 0. The van der Waals surface area contributed by atoms with Crippen LogP contribution in [0, 0.1) is 10.1 Å². The molecule has 0 fully saturated rings. The van der Waals surface area contributed by atoms with Crippen LogP contribution in [0.15, 0.2) is 23.1 Å². The zero-order valence-corrected chi connectivity index (χ0v) is 11.9. The van der Waals surface area contributed by atoms with Gasteiger partial charge < -0.3 is 15.5 Å². The Morgan fingerprint density at radius 1 is 1.55 bits per heavy atom. The highest BCUT2D eigenvalue weighted by atomic mass is 32.2. The average Bonchev–Trinajstić information content (AvgIpc) is 2.44. The van der Waals surface area contributed by atoms with E-state index in [2.05, 4.69) is 5.32 Å². The molecule has 0 aliphatic carbocycles. The van der Waals surface area contributed by atoms with E-state index in [1.165, 1.54) is 30.8 Å². The first-order valence-corrected chi connectivity index (χ1v) is 6.97. The molecule has 1 amide bonds. The molecule has 20 heavy (non-hydrogen) atoms. The van der Waals surface area contributed by atoms with E-state index in [1.54, 1.807) is 12.3 Å². The third-order valence-corrected chi connectivity index (χ3v) is 3.34.